The van der Waals surface area contributed by atoms with Gasteiger partial charge in [0.15, 0.2) is 0 Å². The Hall–Kier alpha value is -1.98. The second kappa shape index (κ2) is 9.01. The van der Waals surface area contributed by atoms with E-state index in [-0.39, 0.29) is 12.3 Å². The molecule has 0 saturated heterocycles. The summed E-state index contributed by atoms with van der Waals surface area (Å²) in [7, 11) is 0. The Labute approximate surface area is 118 Å². The van der Waals surface area contributed by atoms with Crippen molar-refractivity contribution in [2.45, 2.75) is 45.4 Å². The molecular formula is C14H21N3O3. The maximum Gasteiger partial charge on any atom is 0.303 e. The highest BCUT2D eigenvalue weighted by molar-refractivity contribution is 5.91. The minimum atomic E-state index is -0.739. The lowest BCUT2D eigenvalue weighted by molar-refractivity contribution is -0.137. The van der Waals surface area contributed by atoms with E-state index in [1.807, 2.05) is 6.92 Å². The lowest BCUT2D eigenvalue weighted by Crippen LogP contribution is -2.25. The molecule has 0 aliphatic rings. The van der Waals surface area contributed by atoms with Gasteiger partial charge in [0.25, 0.3) is 5.91 Å². The molecule has 0 aliphatic heterocycles. The highest BCUT2D eigenvalue weighted by Crippen LogP contribution is 2.05. The van der Waals surface area contributed by atoms with E-state index in [0.29, 0.717) is 12.2 Å². The Balaban J connectivity index is 2.05. The zero-order valence-corrected chi connectivity index (χ0v) is 11.8. The van der Waals surface area contributed by atoms with E-state index in [1.54, 1.807) is 6.20 Å². The maximum atomic E-state index is 11.7. The topological polar surface area (TPSA) is 92.2 Å². The minimum absolute atomic E-state index is 0.205. The molecule has 6 heteroatoms. The van der Waals surface area contributed by atoms with Crippen molar-refractivity contribution in [1.82, 2.24) is 15.3 Å². The molecule has 1 heterocycles. The molecule has 0 atom stereocenters. The molecule has 0 unspecified atom stereocenters. The first kappa shape index (κ1) is 16.1. The number of hydrogen-bond acceptors (Lipinski definition) is 4. The maximum absolute atomic E-state index is 11.7. The molecule has 2 N–H and O–H groups in total. The molecule has 0 saturated carbocycles. The van der Waals surface area contributed by atoms with E-state index in [1.165, 1.54) is 6.20 Å². The average Bonchev–Trinajstić information content (AvgIpc) is 2.42. The number of amides is 1. The van der Waals surface area contributed by atoms with Gasteiger partial charge < -0.3 is 10.4 Å². The Morgan fingerprint density at radius 1 is 1.10 bits per heavy atom. The summed E-state index contributed by atoms with van der Waals surface area (Å²) in [5.74, 6) is -0.945. The van der Waals surface area contributed by atoms with E-state index in [9.17, 15) is 9.59 Å². The lowest BCUT2D eigenvalue weighted by Gasteiger charge is -2.04. The number of aryl methyl sites for hydroxylation is 1. The van der Waals surface area contributed by atoms with Crippen LogP contribution in [-0.4, -0.2) is 33.5 Å². The third-order valence-corrected chi connectivity index (χ3v) is 2.87. The summed E-state index contributed by atoms with van der Waals surface area (Å²) >= 11 is 0. The molecule has 0 spiro atoms. The number of nitrogens with zero attached hydrogens (tertiary/aromatic N) is 2. The zero-order valence-electron chi connectivity index (χ0n) is 11.8. The number of carboxylic acids is 1. The number of carbonyl (C=O) groups is 2. The van der Waals surface area contributed by atoms with E-state index >= 15 is 0 Å². The van der Waals surface area contributed by atoms with Crippen LogP contribution < -0.4 is 5.32 Å². The van der Waals surface area contributed by atoms with Gasteiger partial charge in [-0.2, -0.15) is 0 Å². The van der Waals surface area contributed by atoms with Crippen LogP contribution in [-0.2, 0) is 4.79 Å². The molecule has 1 aromatic rings. The van der Waals surface area contributed by atoms with Crippen LogP contribution in [0.5, 0.6) is 0 Å². The first-order chi connectivity index (χ1) is 9.59. The van der Waals surface area contributed by atoms with Crippen LogP contribution in [0.1, 0.15) is 54.7 Å². The van der Waals surface area contributed by atoms with Crippen LogP contribution in [0, 0.1) is 6.92 Å². The van der Waals surface area contributed by atoms with Crippen molar-refractivity contribution in [3.8, 4) is 0 Å². The molecule has 0 fully saturated rings. The van der Waals surface area contributed by atoms with Gasteiger partial charge in [-0.3, -0.25) is 14.6 Å². The molecule has 1 rings (SSSR count). The van der Waals surface area contributed by atoms with E-state index < -0.39 is 5.97 Å². The second-order valence-corrected chi connectivity index (χ2v) is 4.71. The third kappa shape index (κ3) is 6.82. The Kier molecular flexibility index (Phi) is 7.24. The smallest absolute Gasteiger partial charge is 0.303 e. The van der Waals surface area contributed by atoms with Crippen LogP contribution in [0.3, 0.4) is 0 Å². The molecule has 1 aromatic heterocycles. The van der Waals surface area contributed by atoms with Crippen LogP contribution >= 0.6 is 0 Å². The number of rotatable bonds is 9. The first-order valence-electron chi connectivity index (χ1n) is 6.88. The van der Waals surface area contributed by atoms with Gasteiger partial charge in [0.05, 0.1) is 11.9 Å². The first-order valence-corrected chi connectivity index (χ1v) is 6.88. The molecule has 20 heavy (non-hydrogen) atoms. The highest BCUT2D eigenvalue weighted by atomic mass is 16.4. The monoisotopic (exact) mass is 279 g/mol. The van der Waals surface area contributed by atoms with Crippen molar-refractivity contribution < 1.29 is 14.7 Å². The van der Waals surface area contributed by atoms with Crippen molar-refractivity contribution in [1.29, 1.82) is 0 Å². The zero-order chi connectivity index (χ0) is 14.8. The van der Waals surface area contributed by atoms with E-state index in [0.717, 1.165) is 37.8 Å². The SMILES string of the molecule is Cc1cnc(C(=O)NCCCCCCCC(=O)O)cn1. The summed E-state index contributed by atoms with van der Waals surface area (Å²) < 4.78 is 0. The summed E-state index contributed by atoms with van der Waals surface area (Å²) in [6, 6.07) is 0. The van der Waals surface area contributed by atoms with Crippen molar-refractivity contribution in [2.24, 2.45) is 0 Å². The van der Waals surface area contributed by atoms with Gasteiger partial charge in [0.1, 0.15) is 5.69 Å². The molecule has 110 valence electrons. The number of unbranched alkanes of at least 4 members (excludes halogenated alkanes) is 4. The van der Waals surface area contributed by atoms with Crippen LogP contribution in [0.25, 0.3) is 0 Å². The fourth-order valence-electron chi connectivity index (χ4n) is 1.73. The summed E-state index contributed by atoms with van der Waals surface area (Å²) in [5, 5.41) is 11.3. The van der Waals surface area contributed by atoms with Gasteiger partial charge in [-0.05, 0) is 19.8 Å². The van der Waals surface area contributed by atoms with Gasteiger partial charge in [-0.15, -0.1) is 0 Å². The number of aromatic nitrogens is 2. The minimum Gasteiger partial charge on any atom is -0.481 e. The predicted octanol–water partition coefficient (Wildman–Crippen LogP) is 1.94. The summed E-state index contributed by atoms with van der Waals surface area (Å²) in [6.45, 7) is 2.42. The van der Waals surface area contributed by atoms with Gasteiger partial charge in [0.2, 0.25) is 0 Å². The number of carbonyl (C=O) groups excluding carboxylic acids is 1. The molecular weight excluding hydrogens is 258 g/mol. The summed E-state index contributed by atoms with van der Waals surface area (Å²) in [6.07, 6.45) is 7.78. The molecule has 0 bridgehead atoms. The van der Waals surface area contributed by atoms with Crippen molar-refractivity contribution in [3.63, 3.8) is 0 Å². The number of aliphatic carboxylic acids is 1. The van der Waals surface area contributed by atoms with Gasteiger partial charge in [-0.25, -0.2) is 4.98 Å². The van der Waals surface area contributed by atoms with Crippen molar-refractivity contribution >= 4 is 11.9 Å². The summed E-state index contributed by atoms with van der Waals surface area (Å²) in [5.41, 5.74) is 1.11. The number of nitrogens with one attached hydrogen (secondary N) is 1. The van der Waals surface area contributed by atoms with Crippen LogP contribution in [0.15, 0.2) is 12.4 Å². The molecule has 0 radical (unpaired) electrons. The normalized spacial score (nSPS) is 10.2. The molecule has 0 aromatic carbocycles. The third-order valence-electron chi connectivity index (χ3n) is 2.87. The fourth-order valence-corrected chi connectivity index (χ4v) is 1.73. The molecule has 0 aliphatic carbocycles. The van der Waals surface area contributed by atoms with Gasteiger partial charge >= 0.3 is 5.97 Å². The van der Waals surface area contributed by atoms with Crippen molar-refractivity contribution in [3.05, 3.63) is 23.8 Å². The quantitative estimate of drug-likeness (QED) is 0.674. The van der Waals surface area contributed by atoms with Crippen LogP contribution in [0.2, 0.25) is 0 Å². The fraction of sp³-hybridized carbons (Fsp3) is 0.571. The Morgan fingerprint density at radius 2 is 1.80 bits per heavy atom. The van der Waals surface area contributed by atoms with Crippen molar-refractivity contribution in [2.75, 3.05) is 6.54 Å². The molecule has 1 amide bonds. The van der Waals surface area contributed by atoms with E-state index in [4.69, 9.17) is 5.11 Å². The van der Waals surface area contributed by atoms with Gasteiger partial charge in [-0.1, -0.05) is 19.3 Å². The van der Waals surface area contributed by atoms with E-state index in [2.05, 4.69) is 15.3 Å². The predicted molar refractivity (Wildman–Crippen MR) is 74.4 cm³/mol. The Morgan fingerprint density at radius 3 is 2.45 bits per heavy atom. The Bertz CT molecular complexity index is 432. The number of carboxylic acid groups (broad SMARTS) is 1. The van der Waals surface area contributed by atoms with Gasteiger partial charge in [0, 0.05) is 19.2 Å². The molecule has 6 nitrogen and oxygen atoms in total. The largest absolute Gasteiger partial charge is 0.481 e. The number of hydrogen-bond donors (Lipinski definition) is 2. The summed E-state index contributed by atoms with van der Waals surface area (Å²) in [4.78, 5) is 30.0. The lowest BCUT2D eigenvalue weighted by atomic mass is 10.1. The second-order valence-electron chi connectivity index (χ2n) is 4.71. The van der Waals surface area contributed by atoms with Crippen LogP contribution in [0.4, 0.5) is 0 Å². The highest BCUT2D eigenvalue weighted by Gasteiger charge is 2.06. The average molecular weight is 279 g/mol. The standard InChI is InChI=1S/C14H21N3O3/c1-11-9-17-12(10-16-11)14(20)15-8-6-4-2-3-5-7-13(18)19/h9-10H,2-8H2,1H3,(H,15,20)(H,18,19).